The minimum Gasteiger partial charge on any atom is -0.398 e. The first-order chi connectivity index (χ1) is 17.2. The van der Waals surface area contributed by atoms with Crippen molar-refractivity contribution < 1.29 is 14.4 Å². The van der Waals surface area contributed by atoms with Crippen molar-refractivity contribution in [2.24, 2.45) is 23.2 Å². The third-order valence-electron chi connectivity index (χ3n) is 9.27. The Morgan fingerprint density at radius 3 is 2.33 bits per heavy atom. The van der Waals surface area contributed by atoms with Crippen LogP contribution in [0.1, 0.15) is 70.3 Å². The molecule has 0 spiro atoms. The van der Waals surface area contributed by atoms with Gasteiger partial charge in [0.1, 0.15) is 6.04 Å². The molecule has 4 saturated carbocycles. The average molecular weight is 486 g/mol. The standard InChI is InChI=1S/C30H35N3O3/c1-17-22-6-3-4-7-23(22)27-24(31)8-5-9-25(27)33(28(17)35)29(36)18(2)32-26(34)16-30-13-19-10-20(14-30)12-21(11-19)15-30/h3-9,17-21H,10-16,31H2,1-2H3,(H,32,34)/t17?,18-,19?,20?,21?,30?/m0/s1. The molecule has 5 aliphatic rings. The minimum atomic E-state index is -0.821. The van der Waals surface area contributed by atoms with Gasteiger partial charge in [0.15, 0.2) is 0 Å². The number of nitrogens with two attached hydrogens (primary N) is 1. The number of nitrogens with one attached hydrogen (secondary N) is 1. The van der Waals surface area contributed by atoms with Crippen LogP contribution in [-0.2, 0) is 14.4 Å². The summed E-state index contributed by atoms with van der Waals surface area (Å²) in [4.78, 5) is 41.9. The highest BCUT2D eigenvalue weighted by atomic mass is 16.2. The molecular weight excluding hydrogens is 450 g/mol. The van der Waals surface area contributed by atoms with E-state index in [4.69, 9.17) is 5.73 Å². The van der Waals surface area contributed by atoms with Crippen molar-refractivity contribution in [3.63, 3.8) is 0 Å². The zero-order chi connectivity index (χ0) is 25.2. The van der Waals surface area contributed by atoms with Crippen molar-refractivity contribution in [1.29, 1.82) is 0 Å². The zero-order valence-corrected chi connectivity index (χ0v) is 21.1. The molecular formula is C30H35N3O3. The van der Waals surface area contributed by atoms with Crippen LogP contribution in [0.25, 0.3) is 11.1 Å². The molecule has 4 fully saturated rings. The van der Waals surface area contributed by atoms with Crippen LogP contribution in [0, 0.1) is 23.2 Å². The summed E-state index contributed by atoms with van der Waals surface area (Å²) in [6.45, 7) is 3.50. The normalized spacial score (nSPS) is 30.8. The first-order valence-electron chi connectivity index (χ1n) is 13.4. The first kappa shape index (κ1) is 23.3. The molecule has 188 valence electrons. The monoisotopic (exact) mass is 485 g/mol. The predicted molar refractivity (Wildman–Crippen MR) is 140 cm³/mol. The van der Waals surface area contributed by atoms with Crippen LogP contribution in [-0.4, -0.2) is 23.8 Å². The molecule has 4 bridgehead atoms. The fourth-order valence-corrected chi connectivity index (χ4v) is 8.21. The highest BCUT2D eigenvalue weighted by molar-refractivity contribution is 6.22. The smallest absolute Gasteiger partial charge is 0.256 e. The summed E-state index contributed by atoms with van der Waals surface area (Å²) in [6.07, 6.45) is 7.89. The molecule has 2 atom stereocenters. The second-order valence-corrected chi connectivity index (χ2v) is 11.9. The zero-order valence-electron chi connectivity index (χ0n) is 21.1. The van der Waals surface area contributed by atoms with Crippen LogP contribution >= 0.6 is 0 Å². The number of benzene rings is 2. The van der Waals surface area contributed by atoms with Crippen LogP contribution in [0.2, 0.25) is 0 Å². The van der Waals surface area contributed by atoms with Gasteiger partial charge < -0.3 is 11.1 Å². The molecule has 2 aromatic rings. The lowest BCUT2D eigenvalue weighted by molar-refractivity contribution is -0.134. The number of carbonyl (C=O) groups excluding carboxylic acids is 3. The third-order valence-corrected chi connectivity index (χ3v) is 9.27. The van der Waals surface area contributed by atoms with E-state index in [0.29, 0.717) is 23.4 Å². The maximum Gasteiger partial charge on any atom is 0.256 e. The van der Waals surface area contributed by atoms with Crippen molar-refractivity contribution in [1.82, 2.24) is 5.32 Å². The highest BCUT2D eigenvalue weighted by Crippen LogP contribution is 2.61. The van der Waals surface area contributed by atoms with E-state index in [1.165, 1.54) is 24.2 Å². The summed E-state index contributed by atoms with van der Waals surface area (Å²) < 4.78 is 0. The Bertz CT molecular complexity index is 1220. The summed E-state index contributed by atoms with van der Waals surface area (Å²) in [5.41, 5.74) is 9.86. The van der Waals surface area contributed by atoms with Gasteiger partial charge in [-0.25, -0.2) is 4.90 Å². The highest BCUT2D eigenvalue weighted by Gasteiger charge is 2.51. The molecule has 7 rings (SSSR count). The fourth-order valence-electron chi connectivity index (χ4n) is 8.21. The van der Waals surface area contributed by atoms with Crippen LogP contribution in [0.5, 0.6) is 0 Å². The summed E-state index contributed by atoms with van der Waals surface area (Å²) in [5, 5.41) is 2.96. The maximum atomic E-state index is 13.8. The molecule has 1 heterocycles. The molecule has 4 aliphatic carbocycles. The molecule has 0 aromatic heterocycles. The molecule has 0 radical (unpaired) electrons. The van der Waals surface area contributed by atoms with Crippen molar-refractivity contribution in [3.8, 4) is 11.1 Å². The number of hydrogen-bond donors (Lipinski definition) is 2. The average Bonchev–Trinajstić information content (AvgIpc) is 2.91. The summed E-state index contributed by atoms with van der Waals surface area (Å²) in [6, 6.07) is 12.2. The lowest BCUT2D eigenvalue weighted by Gasteiger charge is -2.56. The number of rotatable bonds is 4. The lowest BCUT2D eigenvalue weighted by atomic mass is 9.49. The maximum absolute atomic E-state index is 13.8. The van der Waals surface area contributed by atoms with Gasteiger partial charge in [0.05, 0.1) is 11.6 Å². The van der Waals surface area contributed by atoms with E-state index in [9.17, 15) is 14.4 Å². The topological polar surface area (TPSA) is 92.5 Å². The summed E-state index contributed by atoms with van der Waals surface area (Å²) >= 11 is 0. The Morgan fingerprint density at radius 2 is 1.67 bits per heavy atom. The van der Waals surface area contributed by atoms with Gasteiger partial charge in [0.25, 0.3) is 5.91 Å². The Kier molecular flexibility index (Phi) is 5.47. The van der Waals surface area contributed by atoms with Gasteiger partial charge in [-0.2, -0.15) is 0 Å². The van der Waals surface area contributed by atoms with Gasteiger partial charge in [-0.3, -0.25) is 14.4 Å². The van der Waals surface area contributed by atoms with E-state index in [0.717, 1.165) is 48.1 Å². The van der Waals surface area contributed by atoms with Gasteiger partial charge in [-0.15, -0.1) is 0 Å². The van der Waals surface area contributed by atoms with E-state index in [1.807, 2.05) is 31.2 Å². The molecule has 3 N–H and O–H groups in total. The van der Waals surface area contributed by atoms with Crippen molar-refractivity contribution in [2.45, 2.75) is 70.8 Å². The van der Waals surface area contributed by atoms with E-state index >= 15 is 0 Å². The van der Waals surface area contributed by atoms with E-state index in [-0.39, 0.29) is 17.2 Å². The molecule has 3 amide bonds. The number of imide groups is 1. The largest absolute Gasteiger partial charge is 0.398 e. The number of nitrogen functional groups attached to an aromatic ring is 1. The van der Waals surface area contributed by atoms with Gasteiger partial charge >= 0.3 is 0 Å². The van der Waals surface area contributed by atoms with Crippen LogP contribution in [0.3, 0.4) is 0 Å². The van der Waals surface area contributed by atoms with Gasteiger partial charge in [-0.1, -0.05) is 30.3 Å². The second-order valence-electron chi connectivity index (χ2n) is 11.9. The second kappa shape index (κ2) is 8.46. The van der Waals surface area contributed by atoms with Gasteiger partial charge in [-0.05, 0) is 98.8 Å². The van der Waals surface area contributed by atoms with Crippen molar-refractivity contribution in [3.05, 3.63) is 48.0 Å². The summed E-state index contributed by atoms with van der Waals surface area (Å²) in [5.74, 6) is 0.967. The Labute approximate surface area is 212 Å². The predicted octanol–water partition coefficient (Wildman–Crippen LogP) is 5.02. The number of fused-ring (bicyclic) bond motifs is 3. The van der Waals surface area contributed by atoms with Crippen LogP contribution in [0.15, 0.2) is 42.5 Å². The van der Waals surface area contributed by atoms with Gasteiger partial charge in [0, 0.05) is 17.7 Å². The number of nitrogens with zero attached hydrogens (tertiary/aromatic N) is 1. The molecule has 0 saturated heterocycles. The Morgan fingerprint density at radius 1 is 1.03 bits per heavy atom. The van der Waals surface area contributed by atoms with E-state index < -0.39 is 17.9 Å². The van der Waals surface area contributed by atoms with Crippen molar-refractivity contribution in [2.75, 3.05) is 10.6 Å². The fraction of sp³-hybridized carbons (Fsp3) is 0.500. The first-order valence-corrected chi connectivity index (χ1v) is 13.4. The lowest BCUT2D eigenvalue weighted by Crippen LogP contribution is -2.52. The number of anilines is 2. The third kappa shape index (κ3) is 3.73. The molecule has 6 heteroatoms. The number of hydrogen-bond acceptors (Lipinski definition) is 4. The Balaban J connectivity index is 1.25. The SMILES string of the molecule is CC1C(=O)N(C(=O)[C@H](C)NC(=O)CC23CC4CC(CC(C4)C2)C3)c2cccc(N)c2-c2ccccc21. The molecule has 1 aliphatic heterocycles. The quantitative estimate of drug-likeness (QED) is 0.595. The number of amides is 3. The molecule has 6 nitrogen and oxygen atoms in total. The minimum absolute atomic E-state index is 0.0794. The van der Waals surface area contributed by atoms with Crippen LogP contribution < -0.4 is 16.0 Å². The number of carbonyl (C=O) groups is 3. The van der Waals surface area contributed by atoms with E-state index in [2.05, 4.69) is 5.32 Å². The molecule has 1 unspecified atom stereocenters. The van der Waals surface area contributed by atoms with Crippen LogP contribution in [0.4, 0.5) is 11.4 Å². The summed E-state index contributed by atoms with van der Waals surface area (Å²) in [7, 11) is 0. The molecule has 36 heavy (non-hydrogen) atoms. The van der Waals surface area contributed by atoms with Crippen molar-refractivity contribution >= 4 is 29.1 Å². The van der Waals surface area contributed by atoms with Gasteiger partial charge in [0.2, 0.25) is 11.8 Å². The van der Waals surface area contributed by atoms with E-state index in [1.54, 1.807) is 25.1 Å². The molecule has 2 aromatic carbocycles. The Hall–Kier alpha value is -3.15.